The first-order valence-electron chi connectivity index (χ1n) is 9.58. The Morgan fingerprint density at radius 2 is 1.86 bits per heavy atom. The van der Waals surface area contributed by atoms with Crippen molar-refractivity contribution in [2.24, 2.45) is 0 Å². The van der Waals surface area contributed by atoms with Gasteiger partial charge in [-0.25, -0.2) is 4.79 Å². The molecule has 0 radical (unpaired) electrons. The Morgan fingerprint density at radius 1 is 1.03 bits per heavy atom. The summed E-state index contributed by atoms with van der Waals surface area (Å²) in [6, 6.07) is 15.3. The van der Waals surface area contributed by atoms with Gasteiger partial charge in [-0.1, -0.05) is 36.4 Å². The van der Waals surface area contributed by atoms with Crippen molar-refractivity contribution in [1.82, 2.24) is 0 Å². The van der Waals surface area contributed by atoms with E-state index in [1.165, 1.54) is 22.5 Å². The van der Waals surface area contributed by atoms with E-state index in [4.69, 9.17) is 4.42 Å². The average molecular weight is 402 g/mol. The molecule has 0 unspecified atom stereocenters. The van der Waals surface area contributed by atoms with Crippen LogP contribution in [-0.2, 0) is 19.3 Å². The maximum Gasteiger partial charge on any atom is 0.337 e. The SMILES string of the molecule is O=C(Cc1scc(-c2ccc3c(c2)CCC3)c1C(=O)O)c1cc2ccccc2o1. The van der Waals surface area contributed by atoms with Crippen LogP contribution in [0.4, 0.5) is 0 Å². The van der Waals surface area contributed by atoms with Crippen LogP contribution in [0.3, 0.4) is 0 Å². The topological polar surface area (TPSA) is 67.5 Å². The maximum absolute atomic E-state index is 12.8. The zero-order valence-corrected chi connectivity index (χ0v) is 16.4. The third-order valence-corrected chi connectivity index (χ3v) is 6.50. The zero-order chi connectivity index (χ0) is 20.0. The summed E-state index contributed by atoms with van der Waals surface area (Å²) in [7, 11) is 0. The van der Waals surface area contributed by atoms with E-state index in [-0.39, 0.29) is 23.5 Å². The molecule has 2 aromatic heterocycles. The van der Waals surface area contributed by atoms with E-state index in [1.54, 1.807) is 6.07 Å². The smallest absolute Gasteiger partial charge is 0.337 e. The number of carboxylic acids is 1. The molecule has 0 fully saturated rings. The summed E-state index contributed by atoms with van der Waals surface area (Å²) in [6.45, 7) is 0. The van der Waals surface area contributed by atoms with Crippen molar-refractivity contribution in [3.8, 4) is 11.1 Å². The molecule has 1 N–H and O–H groups in total. The minimum absolute atomic E-state index is 0.0110. The van der Waals surface area contributed by atoms with Gasteiger partial charge < -0.3 is 9.52 Å². The number of carboxylic acid groups (broad SMARTS) is 1. The van der Waals surface area contributed by atoms with Crippen LogP contribution < -0.4 is 0 Å². The van der Waals surface area contributed by atoms with Gasteiger partial charge >= 0.3 is 5.97 Å². The number of aryl methyl sites for hydroxylation is 2. The summed E-state index contributed by atoms with van der Waals surface area (Å²) in [5.74, 6) is -0.963. The normalized spacial score (nSPS) is 13.0. The van der Waals surface area contributed by atoms with Crippen molar-refractivity contribution in [3.05, 3.63) is 81.2 Å². The van der Waals surface area contributed by atoms with Crippen LogP contribution in [0, 0.1) is 0 Å². The molecule has 4 nitrogen and oxygen atoms in total. The molecule has 2 aromatic carbocycles. The minimum Gasteiger partial charge on any atom is -0.478 e. The van der Waals surface area contributed by atoms with E-state index in [9.17, 15) is 14.7 Å². The number of fused-ring (bicyclic) bond motifs is 2. The highest BCUT2D eigenvalue weighted by Gasteiger charge is 2.24. The van der Waals surface area contributed by atoms with Gasteiger partial charge in [0, 0.05) is 22.2 Å². The van der Waals surface area contributed by atoms with E-state index < -0.39 is 5.97 Å². The van der Waals surface area contributed by atoms with Gasteiger partial charge in [-0.3, -0.25) is 4.79 Å². The molecule has 0 saturated heterocycles. The molecule has 1 aliphatic carbocycles. The summed E-state index contributed by atoms with van der Waals surface area (Å²) in [4.78, 5) is 25.4. The van der Waals surface area contributed by atoms with Crippen LogP contribution in [0.5, 0.6) is 0 Å². The number of hydrogen-bond acceptors (Lipinski definition) is 4. The van der Waals surface area contributed by atoms with Crippen molar-refractivity contribution >= 4 is 34.1 Å². The number of furan rings is 1. The first kappa shape index (κ1) is 17.9. The predicted molar refractivity (Wildman–Crippen MR) is 113 cm³/mol. The largest absolute Gasteiger partial charge is 0.478 e. The van der Waals surface area contributed by atoms with Gasteiger partial charge in [-0.2, -0.15) is 0 Å². The number of benzene rings is 2. The summed E-state index contributed by atoms with van der Waals surface area (Å²) in [5, 5.41) is 12.6. The van der Waals surface area contributed by atoms with E-state index in [1.807, 2.05) is 35.7 Å². The van der Waals surface area contributed by atoms with Crippen LogP contribution in [0.25, 0.3) is 22.1 Å². The molecule has 5 heteroatoms. The van der Waals surface area contributed by atoms with E-state index in [0.29, 0.717) is 16.0 Å². The van der Waals surface area contributed by atoms with E-state index in [0.717, 1.165) is 30.2 Å². The fourth-order valence-electron chi connectivity index (χ4n) is 4.07. The van der Waals surface area contributed by atoms with Crippen molar-refractivity contribution in [3.63, 3.8) is 0 Å². The quantitative estimate of drug-likeness (QED) is 0.430. The number of Topliss-reactive ketones (excluding diaryl/α,β-unsaturated/α-hetero) is 1. The number of hydrogen-bond donors (Lipinski definition) is 1. The molecule has 0 amide bonds. The highest BCUT2D eigenvalue weighted by molar-refractivity contribution is 7.11. The average Bonchev–Trinajstić information content (AvgIpc) is 3.44. The summed E-state index contributed by atoms with van der Waals surface area (Å²) in [6.07, 6.45) is 3.28. The molecule has 4 aromatic rings. The van der Waals surface area contributed by atoms with Crippen molar-refractivity contribution in [1.29, 1.82) is 0 Å². The molecule has 0 saturated carbocycles. The lowest BCUT2D eigenvalue weighted by Crippen LogP contribution is -2.06. The summed E-state index contributed by atoms with van der Waals surface area (Å²) in [5.41, 5.74) is 5.11. The molecule has 2 heterocycles. The monoisotopic (exact) mass is 402 g/mol. The van der Waals surface area contributed by atoms with Gasteiger partial charge in [0.15, 0.2) is 5.76 Å². The van der Waals surface area contributed by atoms with Crippen molar-refractivity contribution in [2.45, 2.75) is 25.7 Å². The lowest BCUT2D eigenvalue weighted by atomic mass is 9.98. The van der Waals surface area contributed by atoms with Crippen LogP contribution in [0.15, 0.2) is 58.3 Å². The summed E-state index contributed by atoms with van der Waals surface area (Å²) >= 11 is 1.32. The molecular weight excluding hydrogens is 384 g/mol. The Bertz CT molecular complexity index is 1230. The van der Waals surface area contributed by atoms with Crippen LogP contribution >= 0.6 is 11.3 Å². The summed E-state index contributed by atoms with van der Waals surface area (Å²) < 4.78 is 5.65. The predicted octanol–water partition coefficient (Wildman–Crippen LogP) is 5.77. The molecule has 144 valence electrons. The van der Waals surface area contributed by atoms with Gasteiger partial charge in [0.2, 0.25) is 5.78 Å². The molecule has 0 aliphatic heterocycles. The third kappa shape index (κ3) is 3.17. The molecular formula is C24H18O4S. The van der Waals surface area contributed by atoms with Crippen molar-refractivity contribution < 1.29 is 19.1 Å². The van der Waals surface area contributed by atoms with Crippen LogP contribution in [0.1, 0.15) is 43.3 Å². The number of para-hydroxylation sites is 1. The Morgan fingerprint density at radius 3 is 2.69 bits per heavy atom. The molecule has 5 rings (SSSR count). The second kappa shape index (κ2) is 7.01. The van der Waals surface area contributed by atoms with Gasteiger partial charge in [-0.15, -0.1) is 11.3 Å². The number of carbonyl (C=O) groups excluding carboxylic acids is 1. The van der Waals surface area contributed by atoms with Gasteiger partial charge in [0.25, 0.3) is 0 Å². The molecule has 29 heavy (non-hydrogen) atoms. The van der Waals surface area contributed by atoms with E-state index in [2.05, 4.69) is 12.1 Å². The number of carbonyl (C=O) groups is 2. The van der Waals surface area contributed by atoms with Crippen LogP contribution in [-0.4, -0.2) is 16.9 Å². The van der Waals surface area contributed by atoms with Gasteiger partial charge in [0.1, 0.15) is 5.58 Å². The zero-order valence-electron chi connectivity index (χ0n) is 15.6. The molecule has 0 atom stereocenters. The highest BCUT2D eigenvalue weighted by Crippen LogP contribution is 2.35. The lowest BCUT2D eigenvalue weighted by Gasteiger charge is -2.06. The first-order chi connectivity index (χ1) is 14.1. The number of ketones is 1. The van der Waals surface area contributed by atoms with Crippen molar-refractivity contribution in [2.75, 3.05) is 0 Å². The molecule has 1 aliphatic rings. The fraction of sp³-hybridized carbons (Fsp3) is 0.167. The van der Waals surface area contributed by atoms with Gasteiger partial charge in [-0.05, 0) is 53.5 Å². The van der Waals surface area contributed by atoms with Gasteiger partial charge in [0.05, 0.1) is 5.56 Å². The Kier molecular flexibility index (Phi) is 4.32. The maximum atomic E-state index is 12.8. The van der Waals surface area contributed by atoms with E-state index >= 15 is 0 Å². The Balaban J connectivity index is 1.49. The van der Waals surface area contributed by atoms with Crippen LogP contribution in [0.2, 0.25) is 0 Å². The molecule has 0 spiro atoms. The second-order valence-corrected chi connectivity index (χ2v) is 8.30. The number of thiophene rings is 1. The Hall–Kier alpha value is -3.18. The number of rotatable bonds is 5. The third-order valence-electron chi connectivity index (χ3n) is 5.51. The number of aromatic carboxylic acids is 1. The second-order valence-electron chi connectivity index (χ2n) is 7.34. The lowest BCUT2D eigenvalue weighted by molar-refractivity contribution is 0.0697. The minimum atomic E-state index is -1.01. The Labute approximate surface area is 171 Å². The first-order valence-corrected chi connectivity index (χ1v) is 10.5. The fourth-order valence-corrected chi connectivity index (χ4v) is 5.11. The highest BCUT2D eigenvalue weighted by atomic mass is 32.1. The standard InChI is InChI=1S/C24H18O4S/c25-19(21-11-17-4-1-2-7-20(17)28-21)12-22-23(24(26)27)18(13-29-22)16-9-8-14-5-3-6-15(14)10-16/h1-2,4,7-11,13H,3,5-6,12H2,(H,26,27). The molecule has 0 bridgehead atoms.